The smallest absolute Gasteiger partial charge is 0.310 e. The number of anilines is 2. The standard InChI is InChI=1S/C11H16N2O2/c1-13(2)9-4-5-10(12)8(6-9)7-11(14)15-3/h4-6H,7,12H2,1-3H3. The van der Waals surface area contributed by atoms with Gasteiger partial charge in [-0.05, 0) is 23.8 Å². The molecule has 0 heterocycles. The first-order valence-corrected chi connectivity index (χ1v) is 4.67. The summed E-state index contributed by atoms with van der Waals surface area (Å²) in [5.74, 6) is -0.280. The SMILES string of the molecule is COC(=O)Cc1cc(N(C)C)ccc1N. The van der Waals surface area contributed by atoms with E-state index >= 15 is 0 Å². The molecule has 0 saturated carbocycles. The molecule has 0 amide bonds. The molecule has 0 fully saturated rings. The summed E-state index contributed by atoms with van der Waals surface area (Å²) < 4.78 is 4.60. The summed E-state index contributed by atoms with van der Waals surface area (Å²) in [6, 6.07) is 5.61. The van der Waals surface area contributed by atoms with Gasteiger partial charge in [-0.2, -0.15) is 0 Å². The maximum atomic E-state index is 11.1. The lowest BCUT2D eigenvalue weighted by molar-refractivity contribution is -0.139. The Kier molecular flexibility index (Phi) is 3.55. The van der Waals surface area contributed by atoms with Crippen LogP contribution in [0.2, 0.25) is 0 Å². The number of methoxy groups -OCH3 is 1. The Morgan fingerprint density at radius 1 is 1.47 bits per heavy atom. The highest BCUT2D eigenvalue weighted by Crippen LogP contribution is 2.20. The minimum absolute atomic E-state index is 0.212. The van der Waals surface area contributed by atoms with Crippen molar-refractivity contribution in [2.75, 3.05) is 31.8 Å². The van der Waals surface area contributed by atoms with Gasteiger partial charge in [0.2, 0.25) is 0 Å². The van der Waals surface area contributed by atoms with E-state index in [4.69, 9.17) is 5.73 Å². The third-order valence-electron chi connectivity index (χ3n) is 2.21. The van der Waals surface area contributed by atoms with Crippen molar-refractivity contribution in [1.82, 2.24) is 0 Å². The van der Waals surface area contributed by atoms with Crippen molar-refractivity contribution in [2.45, 2.75) is 6.42 Å². The van der Waals surface area contributed by atoms with Crippen molar-refractivity contribution in [1.29, 1.82) is 0 Å². The average Bonchev–Trinajstić information content (AvgIpc) is 2.20. The first kappa shape index (κ1) is 11.4. The molecule has 1 aromatic carbocycles. The second-order valence-electron chi connectivity index (χ2n) is 3.53. The van der Waals surface area contributed by atoms with Crippen LogP contribution >= 0.6 is 0 Å². The lowest BCUT2D eigenvalue weighted by atomic mass is 10.1. The lowest BCUT2D eigenvalue weighted by Gasteiger charge is -2.14. The Morgan fingerprint density at radius 2 is 2.13 bits per heavy atom. The average molecular weight is 208 g/mol. The molecule has 1 rings (SSSR count). The van der Waals surface area contributed by atoms with Gasteiger partial charge >= 0.3 is 5.97 Å². The number of ether oxygens (including phenoxy) is 1. The fraction of sp³-hybridized carbons (Fsp3) is 0.364. The molecule has 0 radical (unpaired) electrons. The van der Waals surface area contributed by atoms with Gasteiger partial charge in [-0.15, -0.1) is 0 Å². The van der Waals surface area contributed by atoms with Crippen molar-refractivity contribution >= 4 is 17.3 Å². The highest BCUT2D eigenvalue weighted by atomic mass is 16.5. The second kappa shape index (κ2) is 4.68. The van der Waals surface area contributed by atoms with Gasteiger partial charge in [0.05, 0.1) is 13.5 Å². The van der Waals surface area contributed by atoms with E-state index in [0.717, 1.165) is 11.3 Å². The largest absolute Gasteiger partial charge is 0.469 e. The molecule has 4 nitrogen and oxygen atoms in total. The third kappa shape index (κ3) is 2.87. The van der Waals surface area contributed by atoms with E-state index in [1.54, 1.807) is 6.07 Å². The van der Waals surface area contributed by atoms with Crippen LogP contribution in [0.4, 0.5) is 11.4 Å². The predicted octanol–water partition coefficient (Wildman–Crippen LogP) is 1.05. The molecule has 0 atom stereocenters. The van der Waals surface area contributed by atoms with Gasteiger partial charge in [0.1, 0.15) is 0 Å². The van der Waals surface area contributed by atoms with Crippen LogP contribution in [-0.2, 0) is 16.0 Å². The molecule has 0 aliphatic rings. The van der Waals surface area contributed by atoms with E-state index in [1.807, 2.05) is 31.1 Å². The fourth-order valence-corrected chi connectivity index (χ4v) is 1.25. The zero-order valence-electron chi connectivity index (χ0n) is 9.28. The molecule has 0 saturated heterocycles. The van der Waals surface area contributed by atoms with Gasteiger partial charge in [-0.25, -0.2) is 0 Å². The Bertz CT molecular complexity index is 362. The Labute approximate surface area is 89.6 Å². The van der Waals surface area contributed by atoms with Gasteiger partial charge in [0.15, 0.2) is 0 Å². The first-order valence-electron chi connectivity index (χ1n) is 4.67. The number of hydrogen-bond donors (Lipinski definition) is 1. The summed E-state index contributed by atoms with van der Waals surface area (Å²) in [5.41, 5.74) is 8.20. The Balaban J connectivity index is 2.95. The van der Waals surface area contributed by atoms with E-state index < -0.39 is 0 Å². The number of benzene rings is 1. The van der Waals surface area contributed by atoms with Crippen molar-refractivity contribution in [3.05, 3.63) is 23.8 Å². The third-order valence-corrected chi connectivity index (χ3v) is 2.21. The summed E-state index contributed by atoms with van der Waals surface area (Å²) in [6.45, 7) is 0. The summed E-state index contributed by atoms with van der Waals surface area (Å²) in [4.78, 5) is 13.1. The molecule has 0 aliphatic carbocycles. The molecule has 0 spiro atoms. The fourth-order valence-electron chi connectivity index (χ4n) is 1.25. The van der Waals surface area contributed by atoms with E-state index in [-0.39, 0.29) is 12.4 Å². The Morgan fingerprint density at radius 3 is 2.67 bits per heavy atom. The lowest BCUT2D eigenvalue weighted by Crippen LogP contribution is -2.11. The number of carbonyl (C=O) groups is 1. The maximum Gasteiger partial charge on any atom is 0.310 e. The number of rotatable bonds is 3. The zero-order valence-corrected chi connectivity index (χ0v) is 9.28. The van der Waals surface area contributed by atoms with Crippen LogP contribution in [0, 0.1) is 0 Å². The van der Waals surface area contributed by atoms with Crippen LogP contribution in [0.5, 0.6) is 0 Å². The van der Waals surface area contributed by atoms with Crippen LogP contribution in [0.15, 0.2) is 18.2 Å². The van der Waals surface area contributed by atoms with E-state index in [2.05, 4.69) is 4.74 Å². The van der Waals surface area contributed by atoms with Gasteiger partial charge in [-0.3, -0.25) is 4.79 Å². The van der Waals surface area contributed by atoms with Crippen molar-refractivity contribution in [3.8, 4) is 0 Å². The van der Waals surface area contributed by atoms with E-state index in [1.165, 1.54) is 7.11 Å². The normalized spacial score (nSPS) is 9.80. The van der Waals surface area contributed by atoms with Gasteiger partial charge in [0.25, 0.3) is 0 Å². The van der Waals surface area contributed by atoms with Crippen LogP contribution in [0.25, 0.3) is 0 Å². The van der Waals surface area contributed by atoms with Crippen LogP contribution in [0.3, 0.4) is 0 Å². The molecule has 0 unspecified atom stereocenters. The quantitative estimate of drug-likeness (QED) is 0.596. The van der Waals surface area contributed by atoms with E-state index in [9.17, 15) is 4.79 Å². The second-order valence-corrected chi connectivity index (χ2v) is 3.53. The molecule has 4 heteroatoms. The first-order chi connectivity index (χ1) is 7.04. The van der Waals surface area contributed by atoms with Gasteiger partial charge < -0.3 is 15.4 Å². The van der Waals surface area contributed by atoms with Gasteiger partial charge in [-0.1, -0.05) is 0 Å². The number of hydrogen-bond acceptors (Lipinski definition) is 4. The molecule has 1 aromatic rings. The minimum atomic E-state index is -0.280. The van der Waals surface area contributed by atoms with Crippen LogP contribution in [-0.4, -0.2) is 27.2 Å². The summed E-state index contributed by atoms with van der Waals surface area (Å²) in [7, 11) is 5.25. The summed E-state index contributed by atoms with van der Waals surface area (Å²) in [6.07, 6.45) is 0.212. The topological polar surface area (TPSA) is 55.6 Å². The molecule has 0 aromatic heterocycles. The molecule has 0 bridgehead atoms. The highest BCUT2D eigenvalue weighted by Gasteiger charge is 2.07. The number of carbonyl (C=O) groups excluding carboxylic acids is 1. The number of nitrogen functional groups attached to an aromatic ring is 1. The maximum absolute atomic E-state index is 11.1. The van der Waals surface area contributed by atoms with Crippen molar-refractivity contribution < 1.29 is 9.53 Å². The minimum Gasteiger partial charge on any atom is -0.469 e. The number of esters is 1. The predicted molar refractivity (Wildman–Crippen MR) is 60.9 cm³/mol. The summed E-state index contributed by atoms with van der Waals surface area (Å²) >= 11 is 0. The highest BCUT2D eigenvalue weighted by molar-refractivity contribution is 5.75. The molecular weight excluding hydrogens is 192 g/mol. The number of nitrogens with two attached hydrogens (primary N) is 1. The van der Waals surface area contributed by atoms with E-state index in [0.29, 0.717) is 5.69 Å². The van der Waals surface area contributed by atoms with Crippen molar-refractivity contribution in [2.24, 2.45) is 0 Å². The number of nitrogens with zero attached hydrogens (tertiary/aromatic N) is 1. The monoisotopic (exact) mass is 208 g/mol. The Hall–Kier alpha value is -1.71. The molecule has 82 valence electrons. The zero-order chi connectivity index (χ0) is 11.4. The van der Waals surface area contributed by atoms with Crippen molar-refractivity contribution in [3.63, 3.8) is 0 Å². The van der Waals surface area contributed by atoms with Crippen LogP contribution < -0.4 is 10.6 Å². The molecule has 15 heavy (non-hydrogen) atoms. The summed E-state index contributed by atoms with van der Waals surface area (Å²) in [5, 5.41) is 0. The molecular formula is C11H16N2O2. The van der Waals surface area contributed by atoms with Gasteiger partial charge in [0, 0.05) is 25.5 Å². The molecule has 2 N–H and O–H groups in total. The van der Waals surface area contributed by atoms with Crippen LogP contribution in [0.1, 0.15) is 5.56 Å². The molecule has 0 aliphatic heterocycles.